The van der Waals surface area contributed by atoms with E-state index in [1.165, 1.54) is 7.83 Å². The molecule has 0 bridgehead atoms. The van der Waals surface area contributed by atoms with Gasteiger partial charge in [-0.2, -0.15) is 0 Å². The molecule has 0 aliphatic heterocycles. The van der Waals surface area contributed by atoms with Gasteiger partial charge in [-0.25, -0.2) is 0 Å². The Balaban J connectivity index is 3.67. The van der Waals surface area contributed by atoms with Crippen LogP contribution in [-0.2, 0) is 0 Å². The predicted molar refractivity (Wildman–Crippen MR) is 48.7 cm³/mol. The molecule has 0 rings (SSSR count). The second kappa shape index (κ2) is 4.99. The maximum atomic E-state index is 2.31. The third-order valence-corrected chi connectivity index (χ3v) is 2.31. The molecule has 0 atom stereocenters. The van der Waals surface area contributed by atoms with Crippen LogP contribution in [0.2, 0.25) is 0 Å². The van der Waals surface area contributed by atoms with E-state index in [9.17, 15) is 0 Å². The molecule has 9 heavy (non-hydrogen) atoms. The van der Waals surface area contributed by atoms with Gasteiger partial charge >= 0.3 is 59.0 Å². The summed E-state index contributed by atoms with van der Waals surface area (Å²) in [6.45, 7) is 8.84. The summed E-state index contributed by atoms with van der Waals surface area (Å²) in [5, 5.41) is 0. The van der Waals surface area contributed by atoms with Gasteiger partial charge in [-0.3, -0.25) is 0 Å². The van der Waals surface area contributed by atoms with Crippen LogP contribution >= 0.6 is 7.83 Å². The van der Waals surface area contributed by atoms with Crippen LogP contribution in [0.1, 0.15) is 27.7 Å². The first kappa shape index (κ1) is 9.17. The molecule has 0 heterocycles. The van der Waals surface area contributed by atoms with Gasteiger partial charge in [0.2, 0.25) is 0 Å². The monoisotopic (exact) mass is 143 g/mol. The first-order chi connectivity index (χ1) is 4.13. The van der Waals surface area contributed by atoms with E-state index in [0.717, 1.165) is 11.8 Å². The Hall–Kier alpha value is 0.170. The number of hydrogen-bond acceptors (Lipinski definition) is 0. The minimum atomic E-state index is 0.724. The Kier molecular flexibility index (Phi) is 5.09. The van der Waals surface area contributed by atoms with Crippen molar-refractivity contribution in [1.29, 1.82) is 0 Å². The van der Waals surface area contributed by atoms with Gasteiger partial charge in [0.1, 0.15) is 0 Å². The summed E-state index contributed by atoms with van der Waals surface area (Å²) in [5.74, 6) is 6.06. The molecule has 0 spiro atoms. The zero-order chi connectivity index (χ0) is 7.28. The first-order valence-electron chi connectivity index (χ1n) is 3.49. The van der Waals surface area contributed by atoms with Gasteiger partial charge in [0.25, 0.3) is 0 Å². The summed E-state index contributed by atoms with van der Waals surface area (Å²) in [5.41, 5.74) is 0. The minimum absolute atomic E-state index is 0.724. The van der Waals surface area contributed by atoms with E-state index >= 15 is 0 Å². The van der Waals surface area contributed by atoms with Crippen LogP contribution in [-0.4, -0.2) is 11.6 Å². The maximum absolute atomic E-state index is 2.31. The molecule has 0 saturated carbocycles. The van der Waals surface area contributed by atoms with Crippen molar-refractivity contribution >= 4 is 19.4 Å². The molecule has 0 aliphatic rings. The van der Waals surface area contributed by atoms with E-state index in [-0.39, 0.29) is 0 Å². The third-order valence-electron chi connectivity index (χ3n) is 0.768. The molecule has 0 aromatic carbocycles. The molecule has 0 fully saturated rings. The van der Waals surface area contributed by atoms with Gasteiger partial charge in [0.05, 0.1) is 0 Å². The Labute approximate surface area is 59.7 Å². The zero-order valence-electron chi connectivity index (χ0n) is 6.76. The van der Waals surface area contributed by atoms with E-state index in [1.54, 1.807) is 0 Å². The molecule has 52 valence electrons. The average molecular weight is 143 g/mol. The number of hydrogen-bond donors (Lipinski definition) is 0. The molecule has 0 N–H and O–H groups in total. The van der Waals surface area contributed by atoms with Gasteiger partial charge in [-0.1, -0.05) is 0 Å². The van der Waals surface area contributed by atoms with Crippen LogP contribution in [0.15, 0.2) is 0 Å². The van der Waals surface area contributed by atoms with E-state index in [4.69, 9.17) is 0 Å². The Bertz CT molecular complexity index is 105. The van der Waals surface area contributed by atoms with Gasteiger partial charge in [-0.05, 0) is 0 Å². The third kappa shape index (κ3) is 8.17. The van der Waals surface area contributed by atoms with E-state index < -0.39 is 0 Å². The normalized spacial score (nSPS) is 10.0. The van der Waals surface area contributed by atoms with E-state index in [2.05, 4.69) is 39.3 Å². The van der Waals surface area contributed by atoms with Crippen molar-refractivity contribution in [1.82, 2.24) is 0 Å². The fourth-order valence-electron chi connectivity index (χ4n) is 0.394. The summed E-state index contributed by atoms with van der Waals surface area (Å²) in [4.78, 5) is 0. The molecule has 1 heteroatoms. The fourth-order valence-corrected chi connectivity index (χ4v) is 1.18. The second-order valence-corrected chi connectivity index (χ2v) is 3.83. The fraction of sp³-hybridized carbons (Fsp3) is 0.750. The van der Waals surface area contributed by atoms with Crippen molar-refractivity contribution in [2.24, 2.45) is 11.8 Å². The molecule has 0 saturated heterocycles. The summed E-state index contributed by atoms with van der Waals surface area (Å²) in [7, 11) is 1.38. The molecule has 0 unspecified atom stereocenters. The zero-order valence-corrected chi connectivity index (χ0v) is 7.65. The summed E-state index contributed by atoms with van der Waals surface area (Å²) in [6, 6.07) is 0. The molecule has 0 aliphatic carbocycles. The topological polar surface area (TPSA) is 0 Å². The Morgan fingerprint density at radius 3 is 1.44 bits per heavy atom. The molecule has 0 nitrogen and oxygen atoms in total. The Morgan fingerprint density at radius 2 is 1.22 bits per heavy atom. The van der Waals surface area contributed by atoms with Gasteiger partial charge in [0, 0.05) is 0 Å². The van der Waals surface area contributed by atoms with Crippen molar-refractivity contribution in [2.45, 2.75) is 27.7 Å². The molecular weight excluding hydrogens is 127 g/mol. The number of rotatable bonds is 2. The van der Waals surface area contributed by atoms with Crippen LogP contribution in [0, 0.1) is 11.8 Å². The van der Waals surface area contributed by atoms with Crippen LogP contribution in [0.5, 0.6) is 0 Å². The molecule has 0 radical (unpaired) electrons. The summed E-state index contributed by atoms with van der Waals surface area (Å²) < 4.78 is 0. The molecule has 0 aromatic heterocycles. The van der Waals surface area contributed by atoms with Crippen molar-refractivity contribution in [3.8, 4) is 0 Å². The van der Waals surface area contributed by atoms with Crippen molar-refractivity contribution in [2.75, 3.05) is 0 Å². The molecular formula is C8H16P+. The second-order valence-electron chi connectivity index (χ2n) is 2.94. The molecule has 0 amide bonds. The quantitative estimate of drug-likeness (QED) is 0.521. The predicted octanol–water partition coefficient (Wildman–Crippen LogP) is 2.85. The first-order valence-corrected chi connectivity index (χ1v) is 4.53. The average Bonchev–Trinajstić information content (AvgIpc) is 1.63. The molecule has 0 aromatic rings. The van der Waals surface area contributed by atoms with Gasteiger partial charge in [-0.15, -0.1) is 0 Å². The van der Waals surface area contributed by atoms with Crippen LogP contribution in [0.25, 0.3) is 0 Å². The standard InChI is InChI=1S/C8H16P/c1-7(2)5-9-6-8(3)4/h5-8H,1-4H3/q+1. The van der Waals surface area contributed by atoms with E-state index in [1.807, 2.05) is 0 Å². The Morgan fingerprint density at radius 1 is 0.889 bits per heavy atom. The van der Waals surface area contributed by atoms with E-state index in [0.29, 0.717) is 0 Å². The van der Waals surface area contributed by atoms with Gasteiger partial charge < -0.3 is 0 Å². The van der Waals surface area contributed by atoms with Crippen LogP contribution < -0.4 is 0 Å². The van der Waals surface area contributed by atoms with Crippen LogP contribution in [0.4, 0.5) is 0 Å². The van der Waals surface area contributed by atoms with Crippen molar-refractivity contribution in [3.63, 3.8) is 0 Å². The summed E-state index contributed by atoms with van der Waals surface area (Å²) >= 11 is 0. The van der Waals surface area contributed by atoms with Crippen molar-refractivity contribution in [3.05, 3.63) is 0 Å². The van der Waals surface area contributed by atoms with Gasteiger partial charge in [0.15, 0.2) is 0 Å². The summed E-state index contributed by atoms with van der Waals surface area (Å²) in [6.07, 6.45) is 0. The van der Waals surface area contributed by atoms with Crippen LogP contribution in [0.3, 0.4) is 0 Å². The SMILES string of the molecule is CC(C)C=[P+]=CC(C)C. The van der Waals surface area contributed by atoms with Crippen molar-refractivity contribution < 1.29 is 0 Å².